The number of nitrogens with one attached hydrogen (secondary N) is 1. The summed E-state index contributed by atoms with van der Waals surface area (Å²) in [6.07, 6.45) is -0.361. The molecule has 1 aliphatic carbocycles. The molecule has 1 aromatic carbocycles. The molecule has 0 spiro atoms. The molecule has 2 rings (SSSR count). The molecular formula is C14H17Cl2NO3. The van der Waals surface area contributed by atoms with Crippen LogP contribution in [0.2, 0.25) is 0 Å². The van der Waals surface area contributed by atoms with Gasteiger partial charge in [0.15, 0.2) is 0 Å². The number of hydrogen-bond donors (Lipinski definition) is 2. The van der Waals surface area contributed by atoms with Gasteiger partial charge >= 0.3 is 0 Å². The van der Waals surface area contributed by atoms with Gasteiger partial charge in [-0.25, -0.2) is 0 Å². The van der Waals surface area contributed by atoms with Gasteiger partial charge in [-0.05, 0) is 31.0 Å². The van der Waals surface area contributed by atoms with Crippen molar-refractivity contribution in [3.05, 3.63) is 29.8 Å². The third-order valence-electron chi connectivity index (χ3n) is 3.72. The molecule has 110 valence electrons. The zero-order chi connectivity index (χ0) is 15.0. The quantitative estimate of drug-likeness (QED) is 0.820. The molecule has 1 aromatic rings. The van der Waals surface area contributed by atoms with E-state index in [1.807, 2.05) is 0 Å². The summed E-state index contributed by atoms with van der Waals surface area (Å²) in [5, 5.41) is 12.7. The normalized spacial score (nSPS) is 24.9. The number of ether oxygens (including phenoxy) is 1. The third kappa shape index (κ3) is 2.87. The van der Waals surface area contributed by atoms with Crippen LogP contribution < -0.4 is 10.1 Å². The summed E-state index contributed by atoms with van der Waals surface area (Å²) in [5.41, 5.74) is -0.0644. The lowest BCUT2D eigenvalue weighted by Gasteiger charge is -2.16. The van der Waals surface area contributed by atoms with E-state index in [1.165, 1.54) is 0 Å². The Morgan fingerprint density at radius 3 is 2.45 bits per heavy atom. The number of methoxy groups -OCH3 is 1. The molecule has 0 heterocycles. The van der Waals surface area contributed by atoms with Crippen molar-refractivity contribution in [3.8, 4) is 5.75 Å². The number of aliphatic hydroxyl groups excluding tert-OH is 1. The van der Waals surface area contributed by atoms with Gasteiger partial charge in [-0.15, -0.1) is 23.2 Å². The Kier molecular flexibility index (Phi) is 4.19. The highest BCUT2D eigenvalue weighted by Gasteiger charge is 2.67. The van der Waals surface area contributed by atoms with Crippen LogP contribution in [0.1, 0.15) is 25.0 Å². The van der Waals surface area contributed by atoms with Crippen molar-refractivity contribution in [2.24, 2.45) is 5.41 Å². The van der Waals surface area contributed by atoms with Crippen LogP contribution in [0.5, 0.6) is 5.75 Å². The summed E-state index contributed by atoms with van der Waals surface area (Å²) in [6.45, 7) is 1.83. The zero-order valence-corrected chi connectivity index (χ0v) is 12.8. The second-order valence-corrected chi connectivity index (χ2v) is 6.70. The lowest BCUT2D eigenvalue weighted by molar-refractivity contribution is -0.126. The van der Waals surface area contributed by atoms with Crippen LogP contribution in [0, 0.1) is 5.41 Å². The Hall–Kier alpha value is -0.970. The topological polar surface area (TPSA) is 58.6 Å². The number of hydrogen-bond acceptors (Lipinski definition) is 3. The van der Waals surface area contributed by atoms with Crippen molar-refractivity contribution in [2.45, 2.75) is 23.8 Å². The molecule has 0 aliphatic heterocycles. The van der Waals surface area contributed by atoms with E-state index in [0.717, 1.165) is 0 Å². The molecule has 1 aliphatic rings. The van der Waals surface area contributed by atoms with Crippen molar-refractivity contribution >= 4 is 29.1 Å². The molecule has 1 amide bonds. The van der Waals surface area contributed by atoms with Crippen molar-refractivity contribution in [2.75, 3.05) is 13.7 Å². The minimum Gasteiger partial charge on any atom is -0.497 e. The van der Waals surface area contributed by atoms with Crippen LogP contribution in [0.4, 0.5) is 0 Å². The minimum atomic E-state index is -0.998. The van der Waals surface area contributed by atoms with E-state index in [0.29, 0.717) is 17.7 Å². The maximum Gasteiger partial charge on any atom is 0.229 e. The molecule has 2 unspecified atom stereocenters. The van der Waals surface area contributed by atoms with Gasteiger partial charge in [0.1, 0.15) is 10.1 Å². The molecule has 6 heteroatoms. The van der Waals surface area contributed by atoms with E-state index in [-0.39, 0.29) is 12.5 Å². The monoisotopic (exact) mass is 317 g/mol. The molecule has 2 N–H and O–H groups in total. The standard InChI is InChI=1S/C14H17Cl2NO3/c1-13(8-14(13,15)16)12(19)17-7-11(18)9-3-5-10(20-2)6-4-9/h3-6,11,18H,7-8H2,1-2H3,(H,17,19). The summed E-state index contributed by atoms with van der Waals surface area (Å²) < 4.78 is 4.04. The number of alkyl halides is 2. The van der Waals surface area contributed by atoms with Gasteiger partial charge in [-0.2, -0.15) is 0 Å². The molecule has 20 heavy (non-hydrogen) atoms. The van der Waals surface area contributed by atoms with Gasteiger partial charge in [-0.1, -0.05) is 12.1 Å². The largest absolute Gasteiger partial charge is 0.497 e. The Labute approximate surface area is 128 Å². The molecule has 1 fully saturated rings. The smallest absolute Gasteiger partial charge is 0.229 e. The average Bonchev–Trinajstić information content (AvgIpc) is 2.96. The maximum atomic E-state index is 12.0. The summed E-state index contributed by atoms with van der Waals surface area (Å²) >= 11 is 11.9. The van der Waals surface area contributed by atoms with E-state index in [4.69, 9.17) is 27.9 Å². The van der Waals surface area contributed by atoms with E-state index in [2.05, 4.69) is 5.32 Å². The number of benzene rings is 1. The molecule has 0 bridgehead atoms. The lowest BCUT2D eigenvalue weighted by Crippen LogP contribution is -2.36. The third-order valence-corrected chi connectivity index (χ3v) is 4.82. The van der Waals surface area contributed by atoms with Crippen LogP contribution in [0.25, 0.3) is 0 Å². The summed E-state index contributed by atoms with van der Waals surface area (Å²) in [6, 6.07) is 7.01. The molecule has 4 nitrogen and oxygen atoms in total. The van der Waals surface area contributed by atoms with Gasteiger partial charge in [0.2, 0.25) is 5.91 Å². The summed E-state index contributed by atoms with van der Waals surface area (Å²) in [4.78, 5) is 12.0. The van der Waals surface area contributed by atoms with Crippen molar-refractivity contribution in [1.82, 2.24) is 5.32 Å². The van der Waals surface area contributed by atoms with Gasteiger partial charge < -0.3 is 15.2 Å². The van der Waals surface area contributed by atoms with Gasteiger partial charge in [-0.3, -0.25) is 4.79 Å². The predicted molar refractivity (Wildman–Crippen MR) is 78.1 cm³/mol. The summed E-state index contributed by atoms with van der Waals surface area (Å²) in [7, 11) is 1.58. The number of amides is 1. The van der Waals surface area contributed by atoms with Gasteiger partial charge in [0.25, 0.3) is 0 Å². The predicted octanol–water partition coefficient (Wildman–Crippen LogP) is 2.43. The molecule has 1 saturated carbocycles. The molecule has 0 aromatic heterocycles. The zero-order valence-electron chi connectivity index (χ0n) is 11.3. The minimum absolute atomic E-state index is 0.116. The molecule has 2 atom stereocenters. The first kappa shape index (κ1) is 15.4. The van der Waals surface area contributed by atoms with Crippen LogP contribution in [0.15, 0.2) is 24.3 Å². The first-order valence-electron chi connectivity index (χ1n) is 6.28. The molecule has 0 radical (unpaired) electrons. The summed E-state index contributed by atoms with van der Waals surface area (Å²) in [5.74, 6) is 0.472. The highest BCUT2D eigenvalue weighted by molar-refractivity contribution is 6.53. The fourth-order valence-electron chi connectivity index (χ4n) is 1.97. The van der Waals surface area contributed by atoms with Crippen LogP contribution in [0.3, 0.4) is 0 Å². The van der Waals surface area contributed by atoms with Crippen molar-refractivity contribution in [3.63, 3.8) is 0 Å². The Morgan fingerprint density at radius 2 is 2.00 bits per heavy atom. The number of aliphatic hydroxyl groups is 1. The number of carbonyl (C=O) groups is 1. The van der Waals surface area contributed by atoms with Crippen LogP contribution >= 0.6 is 23.2 Å². The number of rotatable bonds is 5. The number of carbonyl (C=O) groups excluding carboxylic acids is 1. The van der Waals surface area contributed by atoms with Gasteiger partial charge in [0, 0.05) is 6.54 Å². The fraction of sp³-hybridized carbons (Fsp3) is 0.500. The first-order valence-corrected chi connectivity index (χ1v) is 7.04. The van der Waals surface area contributed by atoms with Crippen molar-refractivity contribution in [1.29, 1.82) is 0 Å². The Balaban J connectivity index is 1.89. The average molecular weight is 318 g/mol. The molecule has 0 saturated heterocycles. The maximum absolute atomic E-state index is 12.0. The second kappa shape index (κ2) is 5.43. The van der Waals surface area contributed by atoms with Crippen LogP contribution in [-0.2, 0) is 4.79 Å². The van der Waals surface area contributed by atoms with E-state index < -0.39 is 15.9 Å². The molecular weight excluding hydrogens is 301 g/mol. The van der Waals surface area contributed by atoms with E-state index in [9.17, 15) is 9.90 Å². The van der Waals surface area contributed by atoms with Crippen LogP contribution in [-0.4, -0.2) is 29.0 Å². The Morgan fingerprint density at radius 1 is 1.45 bits per heavy atom. The highest BCUT2D eigenvalue weighted by Crippen LogP contribution is 2.63. The van der Waals surface area contributed by atoms with E-state index >= 15 is 0 Å². The van der Waals surface area contributed by atoms with Gasteiger partial charge in [0.05, 0.1) is 18.6 Å². The Bertz CT molecular complexity index is 504. The SMILES string of the molecule is COc1ccc(C(O)CNC(=O)C2(C)CC2(Cl)Cl)cc1. The first-order chi connectivity index (χ1) is 9.30. The lowest BCUT2D eigenvalue weighted by atomic mass is 10.1. The fourth-order valence-corrected chi connectivity index (χ4v) is 2.68. The van der Waals surface area contributed by atoms with Crippen molar-refractivity contribution < 1.29 is 14.6 Å². The second-order valence-electron chi connectivity index (χ2n) is 5.21. The highest BCUT2D eigenvalue weighted by atomic mass is 35.5. The number of halogens is 2. The van der Waals surface area contributed by atoms with E-state index in [1.54, 1.807) is 38.3 Å².